The van der Waals surface area contributed by atoms with E-state index in [-0.39, 0.29) is 4.90 Å². The molecule has 112 valence electrons. The van der Waals surface area contributed by atoms with Crippen molar-refractivity contribution in [2.45, 2.75) is 32.6 Å². The van der Waals surface area contributed by atoms with Gasteiger partial charge in [0.05, 0.1) is 4.90 Å². The van der Waals surface area contributed by atoms with Crippen molar-refractivity contribution in [1.82, 2.24) is 0 Å². The molecule has 1 N–H and O–H groups in total. The van der Waals surface area contributed by atoms with Crippen LogP contribution < -0.4 is 4.72 Å². The summed E-state index contributed by atoms with van der Waals surface area (Å²) >= 11 is 0. The van der Waals surface area contributed by atoms with Gasteiger partial charge in [-0.1, -0.05) is 6.07 Å². The molecule has 0 aliphatic heterocycles. The highest BCUT2D eigenvalue weighted by atomic mass is 32.2. The van der Waals surface area contributed by atoms with Crippen LogP contribution in [0.5, 0.6) is 0 Å². The lowest BCUT2D eigenvalue weighted by Gasteiger charge is -2.14. The summed E-state index contributed by atoms with van der Waals surface area (Å²) in [5, 5.41) is 0. The third-order valence-electron chi connectivity index (χ3n) is 3.45. The Morgan fingerprint density at radius 1 is 0.857 bits per heavy atom. The predicted octanol–water partition coefficient (Wildman–Crippen LogP) is 3.86. The Morgan fingerprint density at radius 2 is 1.43 bits per heavy atom. The largest absolute Gasteiger partial charge is 0.280 e. The predicted molar refractivity (Wildman–Crippen MR) is 82.6 cm³/mol. The Hall–Kier alpha value is -1.88. The molecule has 0 radical (unpaired) electrons. The third-order valence-corrected chi connectivity index (χ3v) is 5.14. The summed E-state index contributed by atoms with van der Waals surface area (Å²) in [6.45, 7) is 7.06. The maximum absolute atomic E-state index is 13.3. The van der Waals surface area contributed by atoms with Gasteiger partial charge in [0.15, 0.2) is 0 Å². The molecule has 0 heterocycles. The summed E-state index contributed by atoms with van der Waals surface area (Å²) in [6.07, 6.45) is 0. The summed E-state index contributed by atoms with van der Waals surface area (Å²) in [4.78, 5) is 0.127. The maximum Gasteiger partial charge on any atom is 0.262 e. The highest BCUT2D eigenvalue weighted by Gasteiger charge is 2.20. The fraction of sp³-hybridized carbons (Fsp3) is 0.250. The van der Waals surface area contributed by atoms with Gasteiger partial charge in [-0.15, -0.1) is 0 Å². The lowest BCUT2D eigenvalue weighted by molar-refractivity contribution is 0.597. The van der Waals surface area contributed by atoms with E-state index in [1.54, 1.807) is 26.0 Å². The average Bonchev–Trinajstić information content (AvgIpc) is 2.31. The molecule has 0 saturated heterocycles. The van der Waals surface area contributed by atoms with E-state index in [9.17, 15) is 12.8 Å². The van der Waals surface area contributed by atoms with Crippen molar-refractivity contribution in [3.63, 3.8) is 0 Å². The monoisotopic (exact) mass is 307 g/mol. The fourth-order valence-electron chi connectivity index (χ4n) is 2.33. The van der Waals surface area contributed by atoms with Gasteiger partial charge in [0.1, 0.15) is 5.82 Å². The highest BCUT2D eigenvalue weighted by molar-refractivity contribution is 7.92. The lowest BCUT2D eigenvalue weighted by atomic mass is 10.1. The number of aryl methyl sites for hydroxylation is 4. The first-order valence-corrected chi connectivity index (χ1v) is 8.06. The van der Waals surface area contributed by atoms with E-state index in [4.69, 9.17) is 0 Å². The Labute approximate surface area is 124 Å². The molecule has 0 fully saturated rings. The van der Waals surface area contributed by atoms with Gasteiger partial charge in [-0.25, -0.2) is 12.8 Å². The molecular formula is C16H18FNO2S. The van der Waals surface area contributed by atoms with E-state index in [0.29, 0.717) is 16.8 Å². The van der Waals surface area contributed by atoms with Crippen molar-refractivity contribution in [3.8, 4) is 0 Å². The van der Waals surface area contributed by atoms with Crippen LogP contribution in [0.3, 0.4) is 0 Å². The highest BCUT2D eigenvalue weighted by Crippen LogP contribution is 2.24. The van der Waals surface area contributed by atoms with E-state index < -0.39 is 15.8 Å². The van der Waals surface area contributed by atoms with E-state index in [1.807, 2.05) is 19.9 Å². The molecule has 0 unspecified atom stereocenters. The number of sulfonamides is 1. The molecule has 3 nitrogen and oxygen atoms in total. The maximum atomic E-state index is 13.3. The molecule has 5 heteroatoms. The average molecular weight is 307 g/mol. The van der Waals surface area contributed by atoms with Crippen molar-refractivity contribution >= 4 is 15.7 Å². The van der Waals surface area contributed by atoms with E-state index in [2.05, 4.69) is 4.72 Å². The van der Waals surface area contributed by atoms with Gasteiger partial charge in [-0.05, 0) is 74.2 Å². The fourth-order valence-corrected chi connectivity index (χ4v) is 3.84. The van der Waals surface area contributed by atoms with Gasteiger partial charge in [0.2, 0.25) is 0 Å². The zero-order chi connectivity index (χ0) is 15.8. The minimum absolute atomic E-state index is 0.127. The summed E-state index contributed by atoms with van der Waals surface area (Å²) in [7, 11) is -3.74. The van der Waals surface area contributed by atoms with Crippen LogP contribution in [0.4, 0.5) is 10.1 Å². The molecule has 2 aromatic rings. The third kappa shape index (κ3) is 3.24. The van der Waals surface area contributed by atoms with Crippen molar-refractivity contribution in [1.29, 1.82) is 0 Å². The van der Waals surface area contributed by atoms with Gasteiger partial charge >= 0.3 is 0 Å². The van der Waals surface area contributed by atoms with Crippen LogP contribution in [0.1, 0.15) is 22.3 Å². The normalized spacial score (nSPS) is 11.5. The van der Waals surface area contributed by atoms with Gasteiger partial charge < -0.3 is 0 Å². The van der Waals surface area contributed by atoms with Crippen molar-refractivity contribution < 1.29 is 12.8 Å². The topological polar surface area (TPSA) is 46.2 Å². The molecular weight excluding hydrogens is 289 g/mol. The number of halogens is 1. The first-order chi connectivity index (χ1) is 9.70. The quantitative estimate of drug-likeness (QED) is 0.936. The standard InChI is InChI=1S/C16H18FNO2S/c1-10-5-6-15(9-11(10)2)18-21(19,20)16-12(3)7-14(17)8-13(16)4/h5-9,18H,1-4H3. The van der Waals surface area contributed by atoms with Gasteiger partial charge in [0.25, 0.3) is 10.0 Å². The smallest absolute Gasteiger partial charge is 0.262 e. The SMILES string of the molecule is Cc1ccc(NS(=O)(=O)c2c(C)cc(F)cc2C)cc1C. The Morgan fingerprint density at radius 3 is 1.95 bits per heavy atom. The Kier molecular flexibility index (Phi) is 4.05. The number of benzene rings is 2. The molecule has 0 aliphatic carbocycles. The zero-order valence-corrected chi connectivity index (χ0v) is 13.3. The lowest BCUT2D eigenvalue weighted by Crippen LogP contribution is -2.16. The molecule has 0 spiro atoms. The molecule has 0 amide bonds. The minimum Gasteiger partial charge on any atom is -0.280 e. The zero-order valence-electron chi connectivity index (χ0n) is 12.5. The number of hydrogen-bond donors (Lipinski definition) is 1. The number of nitrogens with one attached hydrogen (secondary N) is 1. The Balaban J connectivity index is 2.46. The van der Waals surface area contributed by atoms with Crippen LogP contribution in [0.2, 0.25) is 0 Å². The summed E-state index contributed by atoms with van der Waals surface area (Å²) in [5.41, 5.74) is 3.38. The van der Waals surface area contributed by atoms with Crippen LogP contribution >= 0.6 is 0 Å². The van der Waals surface area contributed by atoms with Crippen LogP contribution in [-0.4, -0.2) is 8.42 Å². The molecule has 0 bridgehead atoms. The molecule has 0 aliphatic rings. The van der Waals surface area contributed by atoms with Gasteiger partial charge in [-0.3, -0.25) is 4.72 Å². The molecule has 0 aromatic heterocycles. The first kappa shape index (κ1) is 15.5. The van der Waals surface area contributed by atoms with Crippen molar-refractivity contribution in [3.05, 3.63) is 58.4 Å². The second kappa shape index (κ2) is 5.48. The summed E-state index contributed by atoms with van der Waals surface area (Å²) in [5.74, 6) is -0.435. The summed E-state index contributed by atoms with van der Waals surface area (Å²) < 4.78 is 40.9. The van der Waals surface area contributed by atoms with E-state index in [1.165, 1.54) is 12.1 Å². The Bertz CT molecular complexity index is 775. The van der Waals surface area contributed by atoms with Crippen LogP contribution in [0, 0.1) is 33.5 Å². The second-order valence-electron chi connectivity index (χ2n) is 5.27. The first-order valence-electron chi connectivity index (χ1n) is 6.57. The minimum atomic E-state index is -3.74. The molecule has 21 heavy (non-hydrogen) atoms. The van der Waals surface area contributed by atoms with E-state index in [0.717, 1.165) is 11.1 Å². The van der Waals surface area contributed by atoms with Crippen LogP contribution in [0.15, 0.2) is 35.2 Å². The summed E-state index contributed by atoms with van der Waals surface area (Å²) in [6, 6.07) is 7.80. The van der Waals surface area contributed by atoms with Crippen molar-refractivity contribution in [2.24, 2.45) is 0 Å². The van der Waals surface area contributed by atoms with Crippen LogP contribution in [-0.2, 0) is 10.0 Å². The van der Waals surface area contributed by atoms with E-state index >= 15 is 0 Å². The van der Waals surface area contributed by atoms with Gasteiger partial charge in [-0.2, -0.15) is 0 Å². The van der Waals surface area contributed by atoms with Crippen LogP contribution in [0.25, 0.3) is 0 Å². The molecule has 0 atom stereocenters. The molecule has 2 aromatic carbocycles. The molecule has 2 rings (SSSR count). The number of hydrogen-bond acceptors (Lipinski definition) is 2. The second-order valence-corrected chi connectivity index (χ2v) is 6.89. The molecule has 0 saturated carbocycles. The van der Waals surface area contributed by atoms with Gasteiger partial charge in [0, 0.05) is 5.69 Å². The number of anilines is 1. The van der Waals surface area contributed by atoms with Crippen molar-refractivity contribution in [2.75, 3.05) is 4.72 Å². The number of rotatable bonds is 3.